The van der Waals surface area contributed by atoms with Crippen molar-refractivity contribution in [3.63, 3.8) is 0 Å². The summed E-state index contributed by atoms with van der Waals surface area (Å²) in [5.74, 6) is -0.550. The van der Waals surface area contributed by atoms with E-state index in [-0.39, 0.29) is 30.7 Å². The number of carbonyl (C=O) groups excluding carboxylic acids is 1. The second-order valence-electron chi connectivity index (χ2n) is 6.75. The molecule has 0 bridgehead atoms. The second-order valence-corrected chi connectivity index (χ2v) is 8.72. The zero-order valence-corrected chi connectivity index (χ0v) is 16.4. The molecule has 8 heteroatoms. The van der Waals surface area contributed by atoms with Crippen LogP contribution >= 0.6 is 0 Å². The first-order valence-electron chi connectivity index (χ1n) is 9.05. The van der Waals surface area contributed by atoms with E-state index in [1.54, 1.807) is 24.3 Å². The van der Waals surface area contributed by atoms with Gasteiger partial charge in [-0.25, -0.2) is 17.1 Å². The Balaban J connectivity index is 1.58. The van der Waals surface area contributed by atoms with Crippen LogP contribution < -0.4 is 10.1 Å². The van der Waals surface area contributed by atoms with E-state index in [4.69, 9.17) is 4.74 Å². The minimum absolute atomic E-state index is 0.147. The molecule has 1 amide bonds. The molecular weight excluding hydrogens is 383 g/mol. The van der Waals surface area contributed by atoms with Crippen LogP contribution in [-0.4, -0.2) is 38.8 Å². The molecule has 0 aromatic heterocycles. The minimum atomic E-state index is -3.56. The molecule has 0 aliphatic carbocycles. The van der Waals surface area contributed by atoms with E-state index in [2.05, 4.69) is 5.32 Å². The average molecular weight is 406 g/mol. The van der Waals surface area contributed by atoms with Crippen LogP contribution in [0.1, 0.15) is 18.4 Å². The van der Waals surface area contributed by atoms with Gasteiger partial charge in [0.25, 0.3) is 0 Å². The Morgan fingerprint density at radius 1 is 1.18 bits per heavy atom. The van der Waals surface area contributed by atoms with Gasteiger partial charge < -0.3 is 10.1 Å². The summed E-state index contributed by atoms with van der Waals surface area (Å²) in [4.78, 5) is 12.5. The maximum absolute atomic E-state index is 13.3. The van der Waals surface area contributed by atoms with E-state index in [1.165, 1.54) is 29.6 Å². The molecular formula is C20H23FN2O4S. The summed E-state index contributed by atoms with van der Waals surface area (Å²) in [7, 11) is -2.02. The first-order valence-corrected chi connectivity index (χ1v) is 10.7. The lowest BCUT2D eigenvalue weighted by Gasteiger charge is -2.30. The maximum Gasteiger partial charge on any atom is 0.227 e. The van der Waals surface area contributed by atoms with Gasteiger partial charge >= 0.3 is 0 Å². The quantitative estimate of drug-likeness (QED) is 0.800. The molecule has 1 fully saturated rings. The van der Waals surface area contributed by atoms with Crippen molar-refractivity contribution in [2.24, 2.45) is 5.92 Å². The molecule has 0 saturated carbocycles. The highest BCUT2D eigenvalue weighted by molar-refractivity contribution is 7.88. The van der Waals surface area contributed by atoms with Crippen molar-refractivity contribution >= 4 is 21.6 Å². The molecule has 1 heterocycles. The minimum Gasteiger partial charge on any atom is -0.495 e. The van der Waals surface area contributed by atoms with Gasteiger partial charge in [-0.05, 0) is 42.7 Å². The van der Waals surface area contributed by atoms with Crippen molar-refractivity contribution < 1.29 is 22.3 Å². The Bertz CT molecular complexity index is 941. The Hall–Kier alpha value is -2.45. The molecule has 1 N–H and O–H groups in total. The molecule has 150 valence electrons. The Labute approximate surface area is 164 Å². The topological polar surface area (TPSA) is 75.7 Å². The standard InChI is InChI=1S/C20H23FN2O4S/c1-27-19-8-3-2-7-18(19)22-20(24)16-9-11-23(12-10-16)28(25,26)14-15-5-4-6-17(21)13-15/h2-8,13,16H,9-12,14H2,1H3,(H,22,24). The zero-order chi connectivity index (χ0) is 20.1. The van der Waals surface area contributed by atoms with E-state index in [1.807, 2.05) is 6.07 Å². The summed E-state index contributed by atoms with van der Waals surface area (Å²) in [6.07, 6.45) is 0.868. The van der Waals surface area contributed by atoms with Crippen LogP contribution in [0.15, 0.2) is 48.5 Å². The first-order chi connectivity index (χ1) is 13.4. The lowest BCUT2D eigenvalue weighted by molar-refractivity contribution is -0.120. The number of sulfonamides is 1. The highest BCUT2D eigenvalue weighted by Gasteiger charge is 2.31. The van der Waals surface area contributed by atoms with Gasteiger partial charge in [-0.1, -0.05) is 24.3 Å². The number of para-hydroxylation sites is 2. The van der Waals surface area contributed by atoms with Crippen LogP contribution in [0, 0.1) is 11.7 Å². The molecule has 0 radical (unpaired) electrons. The Morgan fingerprint density at radius 3 is 2.57 bits per heavy atom. The zero-order valence-electron chi connectivity index (χ0n) is 15.6. The summed E-state index contributed by atoms with van der Waals surface area (Å²) in [6.45, 7) is 0.531. The van der Waals surface area contributed by atoms with Gasteiger partial charge in [0.2, 0.25) is 15.9 Å². The third-order valence-corrected chi connectivity index (χ3v) is 6.67. The van der Waals surface area contributed by atoms with E-state index in [9.17, 15) is 17.6 Å². The highest BCUT2D eigenvalue weighted by Crippen LogP contribution is 2.27. The normalized spacial score (nSPS) is 15.9. The fourth-order valence-electron chi connectivity index (χ4n) is 3.31. The number of nitrogens with zero attached hydrogens (tertiary/aromatic N) is 1. The monoisotopic (exact) mass is 406 g/mol. The number of ether oxygens (including phenoxy) is 1. The molecule has 0 spiro atoms. The SMILES string of the molecule is COc1ccccc1NC(=O)C1CCN(S(=O)(=O)Cc2cccc(F)c2)CC1. The Morgan fingerprint density at radius 2 is 1.89 bits per heavy atom. The highest BCUT2D eigenvalue weighted by atomic mass is 32.2. The predicted octanol–water partition coefficient (Wildman–Crippen LogP) is 3.01. The van der Waals surface area contributed by atoms with Crippen LogP contribution in [0.25, 0.3) is 0 Å². The molecule has 2 aromatic carbocycles. The lowest BCUT2D eigenvalue weighted by atomic mass is 9.97. The number of methoxy groups -OCH3 is 1. The molecule has 3 rings (SSSR count). The predicted molar refractivity (Wildman–Crippen MR) is 105 cm³/mol. The number of hydrogen-bond acceptors (Lipinski definition) is 4. The molecule has 0 atom stereocenters. The third kappa shape index (κ3) is 4.88. The van der Waals surface area contributed by atoms with Gasteiger partial charge in [0.1, 0.15) is 11.6 Å². The van der Waals surface area contributed by atoms with Crippen molar-refractivity contribution in [1.29, 1.82) is 0 Å². The third-order valence-electron chi connectivity index (χ3n) is 4.82. The van der Waals surface area contributed by atoms with E-state index in [0.717, 1.165) is 0 Å². The van der Waals surface area contributed by atoms with E-state index >= 15 is 0 Å². The summed E-state index contributed by atoms with van der Waals surface area (Å²) in [5.41, 5.74) is 1.01. The van der Waals surface area contributed by atoms with Crippen LogP contribution in [0.4, 0.5) is 10.1 Å². The van der Waals surface area contributed by atoms with Gasteiger partial charge in [-0.3, -0.25) is 4.79 Å². The van der Waals surface area contributed by atoms with Crippen molar-refractivity contribution in [3.05, 3.63) is 59.9 Å². The molecule has 0 unspecified atom stereocenters. The molecule has 2 aromatic rings. The molecule has 1 aliphatic rings. The summed E-state index contributed by atoms with van der Waals surface area (Å²) < 4.78 is 45.1. The number of halogens is 1. The second kappa shape index (κ2) is 8.70. The van der Waals surface area contributed by atoms with Crippen molar-refractivity contribution in [2.45, 2.75) is 18.6 Å². The molecule has 1 saturated heterocycles. The maximum atomic E-state index is 13.3. The fourth-order valence-corrected chi connectivity index (χ4v) is 4.86. The molecule has 6 nitrogen and oxygen atoms in total. The van der Waals surface area contributed by atoms with Crippen LogP contribution in [-0.2, 0) is 20.6 Å². The number of hydrogen-bond donors (Lipinski definition) is 1. The van der Waals surface area contributed by atoms with Crippen molar-refractivity contribution in [2.75, 3.05) is 25.5 Å². The van der Waals surface area contributed by atoms with Gasteiger partial charge in [0.15, 0.2) is 0 Å². The van der Waals surface area contributed by atoms with Crippen LogP contribution in [0.3, 0.4) is 0 Å². The van der Waals surface area contributed by atoms with E-state index in [0.29, 0.717) is 29.8 Å². The lowest BCUT2D eigenvalue weighted by Crippen LogP contribution is -2.41. The van der Waals surface area contributed by atoms with Crippen LogP contribution in [0.2, 0.25) is 0 Å². The largest absolute Gasteiger partial charge is 0.495 e. The molecule has 1 aliphatic heterocycles. The van der Waals surface area contributed by atoms with Gasteiger partial charge in [0.05, 0.1) is 18.6 Å². The number of benzene rings is 2. The number of anilines is 1. The number of nitrogens with one attached hydrogen (secondary N) is 1. The summed E-state index contributed by atoms with van der Waals surface area (Å²) in [6, 6.07) is 12.7. The summed E-state index contributed by atoms with van der Waals surface area (Å²) >= 11 is 0. The first kappa shape index (κ1) is 20.3. The van der Waals surface area contributed by atoms with Gasteiger partial charge in [-0.2, -0.15) is 0 Å². The van der Waals surface area contributed by atoms with Gasteiger partial charge in [-0.15, -0.1) is 0 Å². The average Bonchev–Trinajstić information content (AvgIpc) is 2.68. The number of amides is 1. The van der Waals surface area contributed by atoms with Crippen molar-refractivity contribution in [3.8, 4) is 5.75 Å². The van der Waals surface area contributed by atoms with Crippen LogP contribution in [0.5, 0.6) is 5.75 Å². The number of piperidine rings is 1. The van der Waals surface area contributed by atoms with E-state index < -0.39 is 15.8 Å². The fraction of sp³-hybridized carbons (Fsp3) is 0.350. The number of rotatable bonds is 6. The van der Waals surface area contributed by atoms with Crippen molar-refractivity contribution in [1.82, 2.24) is 4.31 Å². The van der Waals surface area contributed by atoms with Gasteiger partial charge in [0, 0.05) is 19.0 Å². The summed E-state index contributed by atoms with van der Waals surface area (Å²) in [5, 5.41) is 2.86. The molecule has 28 heavy (non-hydrogen) atoms. The smallest absolute Gasteiger partial charge is 0.227 e. The Kier molecular flexibility index (Phi) is 6.31. The number of carbonyl (C=O) groups is 1.